The number of rotatable bonds is 5. The zero-order valence-corrected chi connectivity index (χ0v) is 16.8. The van der Waals surface area contributed by atoms with Gasteiger partial charge in [0.05, 0.1) is 5.69 Å². The van der Waals surface area contributed by atoms with E-state index in [0.29, 0.717) is 15.0 Å². The van der Waals surface area contributed by atoms with Crippen LogP contribution in [-0.4, -0.2) is 31.2 Å². The fraction of sp³-hybridized carbons (Fsp3) is 0.176. The van der Waals surface area contributed by atoms with Crippen LogP contribution in [0.5, 0.6) is 0 Å². The summed E-state index contributed by atoms with van der Waals surface area (Å²) in [4.78, 5) is 18.5. The lowest BCUT2D eigenvalue weighted by Gasteiger charge is -2.00. The van der Waals surface area contributed by atoms with Crippen LogP contribution in [0.15, 0.2) is 34.8 Å². The van der Waals surface area contributed by atoms with Gasteiger partial charge in [-0.1, -0.05) is 41.4 Å². The van der Waals surface area contributed by atoms with Gasteiger partial charge in [0, 0.05) is 17.5 Å². The van der Waals surface area contributed by atoms with Crippen LogP contribution in [0, 0.1) is 12.7 Å². The summed E-state index contributed by atoms with van der Waals surface area (Å²) < 4.78 is 15.8. The fourth-order valence-corrected chi connectivity index (χ4v) is 5.16. The first kappa shape index (κ1) is 18.1. The molecule has 4 aromatic rings. The number of carbonyl (C=O) groups excluding carboxylic acids is 1. The molecule has 0 bridgehead atoms. The Hall–Kier alpha value is -2.30. The SMILES string of the molecule is CCSc1nnc(NC(=O)c2sc3nc(-c4ccc(F)cc4)cn3c2C)s1. The molecule has 0 aliphatic carbocycles. The van der Waals surface area contributed by atoms with Crippen molar-refractivity contribution >= 4 is 50.4 Å². The third-order valence-corrected chi connectivity index (χ3v) is 6.81. The van der Waals surface area contributed by atoms with Gasteiger partial charge in [0.2, 0.25) is 5.13 Å². The second kappa shape index (κ2) is 7.37. The van der Waals surface area contributed by atoms with E-state index in [1.807, 2.05) is 24.4 Å². The molecule has 10 heteroatoms. The third-order valence-electron chi connectivity index (χ3n) is 3.80. The zero-order chi connectivity index (χ0) is 19.0. The maximum absolute atomic E-state index is 13.1. The molecule has 0 spiro atoms. The molecule has 6 nitrogen and oxygen atoms in total. The highest BCUT2D eigenvalue weighted by atomic mass is 32.2. The van der Waals surface area contributed by atoms with Crippen molar-refractivity contribution in [2.45, 2.75) is 18.2 Å². The molecular formula is C17H14FN5OS3. The number of nitrogens with one attached hydrogen (secondary N) is 1. The molecule has 0 aliphatic rings. The van der Waals surface area contributed by atoms with E-state index in [2.05, 4.69) is 20.5 Å². The highest BCUT2D eigenvalue weighted by molar-refractivity contribution is 8.01. The number of carbonyl (C=O) groups is 1. The van der Waals surface area contributed by atoms with Crippen LogP contribution in [0.25, 0.3) is 16.2 Å². The van der Waals surface area contributed by atoms with Crippen LogP contribution in [0.1, 0.15) is 22.3 Å². The summed E-state index contributed by atoms with van der Waals surface area (Å²) in [7, 11) is 0. The second-order valence-electron chi connectivity index (χ2n) is 5.56. The predicted molar refractivity (Wildman–Crippen MR) is 107 cm³/mol. The van der Waals surface area contributed by atoms with Gasteiger partial charge in [0.15, 0.2) is 9.30 Å². The average molecular weight is 420 g/mol. The summed E-state index contributed by atoms with van der Waals surface area (Å²) in [5.41, 5.74) is 2.36. The summed E-state index contributed by atoms with van der Waals surface area (Å²) in [5.74, 6) is 0.392. The number of fused-ring (bicyclic) bond motifs is 1. The van der Waals surface area contributed by atoms with Gasteiger partial charge < -0.3 is 0 Å². The molecular weight excluding hydrogens is 405 g/mol. The van der Waals surface area contributed by atoms with Gasteiger partial charge in [-0.2, -0.15) is 0 Å². The van der Waals surface area contributed by atoms with Crippen LogP contribution in [-0.2, 0) is 0 Å². The van der Waals surface area contributed by atoms with E-state index in [4.69, 9.17) is 0 Å². The van der Waals surface area contributed by atoms with E-state index in [1.165, 1.54) is 34.8 Å². The number of amides is 1. The maximum atomic E-state index is 13.1. The Bertz CT molecular complexity index is 1120. The summed E-state index contributed by atoms with van der Waals surface area (Å²) in [6.07, 6.45) is 1.85. The number of aryl methyl sites for hydroxylation is 1. The maximum Gasteiger partial charge on any atom is 0.269 e. The molecule has 0 saturated carbocycles. The Kier molecular flexibility index (Phi) is 4.94. The summed E-state index contributed by atoms with van der Waals surface area (Å²) >= 11 is 4.25. The van der Waals surface area contributed by atoms with Crippen LogP contribution in [0.4, 0.5) is 9.52 Å². The Labute approximate surface area is 166 Å². The van der Waals surface area contributed by atoms with Gasteiger partial charge in [0.1, 0.15) is 10.7 Å². The quantitative estimate of drug-likeness (QED) is 0.374. The molecule has 0 unspecified atom stereocenters. The van der Waals surface area contributed by atoms with Crippen LogP contribution < -0.4 is 5.32 Å². The van der Waals surface area contributed by atoms with Gasteiger partial charge in [0.25, 0.3) is 5.91 Å². The number of aromatic nitrogens is 4. The molecule has 1 N–H and O–H groups in total. The lowest BCUT2D eigenvalue weighted by Crippen LogP contribution is -2.11. The number of nitrogens with zero attached hydrogens (tertiary/aromatic N) is 4. The Balaban J connectivity index is 1.58. The molecule has 3 aromatic heterocycles. The number of hydrogen-bond acceptors (Lipinski definition) is 7. The highest BCUT2D eigenvalue weighted by Crippen LogP contribution is 2.29. The minimum Gasteiger partial charge on any atom is -0.296 e. The van der Waals surface area contributed by atoms with Gasteiger partial charge in [-0.3, -0.25) is 14.5 Å². The van der Waals surface area contributed by atoms with E-state index in [0.717, 1.165) is 27.0 Å². The molecule has 0 saturated heterocycles. The monoisotopic (exact) mass is 419 g/mol. The van der Waals surface area contributed by atoms with Gasteiger partial charge in [-0.15, -0.1) is 10.2 Å². The van der Waals surface area contributed by atoms with E-state index in [1.54, 1.807) is 23.9 Å². The number of thioether (sulfide) groups is 1. The number of thiazole rings is 1. The number of halogens is 1. The lowest BCUT2D eigenvalue weighted by atomic mass is 10.2. The molecule has 1 amide bonds. The van der Waals surface area contributed by atoms with Crippen molar-refractivity contribution in [1.82, 2.24) is 19.6 Å². The molecule has 0 radical (unpaired) electrons. The standard InChI is InChI=1S/C17H14FN5OS3/c1-3-25-17-22-21-15(27-17)20-14(24)13-9(2)23-8-12(19-16(23)26-13)10-4-6-11(18)7-5-10/h4-8H,3H2,1-2H3,(H,20,21,24). The molecule has 4 rings (SSSR count). The molecule has 0 aliphatic heterocycles. The predicted octanol–water partition coefficient (Wildman–Crippen LogP) is 4.73. The van der Waals surface area contributed by atoms with Gasteiger partial charge in [-0.05, 0) is 36.9 Å². The Morgan fingerprint density at radius 3 is 2.74 bits per heavy atom. The van der Waals surface area contributed by atoms with Crippen LogP contribution in [0.3, 0.4) is 0 Å². The number of hydrogen-bond donors (Lipinski definition) is 1. The number of imidazole rings is 1. The molecule has 138 valence electrons. The van der Waals surface area contributed by atoms with Crippen molar-refractivity contribution < 1.29 is 9.18 Å². The summed E-state index contributed by atoms with van der Waals surface area (Å²) in [5, 5.41) is 11.3. The van der Waals surface area contributed by atoms with Crippen molar-refractivity contribution in [1.29, 1.82) is 0 Å². The minimum atomic E-state index is -0.285. The van der Waals surface area contributed by atoms with E-state index >= 15 is 0 Å². The Morgan fingerprint density at radius 2 is 2.04 bits per heavy atom. The first-order valence-electron chi connectivity index (χ1n) is 8.07. The van der Waals surface area contributed by atoms with Gasteiger partial charge in [-0.25, -0.2) is 9.37 Å². The van der Waals surface area contributed by atoms with Crippen molar-refractivity contribution in [3.8, 4) is 11.3 Å². The number of benzene rings is 1. The van der Waals surface area contributed by atoms with Crippen molar-refractivity contribution in [3.63, 3.8) is 0 Å². The number of anilines is 1. The van der Waals surface area contributed by atoms with E-state index < -0.39 is 0 Å². The molecule has 3 heterocycles. The average Bonchev–Trinajstić information content (AvgIpc) is 3.33. The van der Waals surface area contributed by atoms with Gasteiger partial charge >= 0.3 is 0 Å². The zero-order valence-electron chi connectivity index (χ0n) is 14.4. The van der Waals surface area contributed by atoms with Crippen LogP contribution >= 0.6 is 34.4 Å². The summed E-state index contributed by atoms with van der Waals surface area (Å²) in [6.45, 7) is 3.91. The smallest absolute Gasteiger partial charge is 0.269 e. The topological polar surface area (TPSA) is 72.2 Å². The van der Waals surface area contributed by atoms with Crippen LogP contribution in [0.2, 0.25) is 0 Å². The van der Waals surface area contributed by atoms with E-state index in [-0.39, 0.29) is 11.7 Å². The highest BCUT2D eigenvalue weighted by Gasteiger charge is 2.19. The second-order valence-corrected chi connectivity index (χ2v) is 9.03. The largest absolute Gasteiger partial charge is 0.296 e. The minimum absolute atomic E-state index is 0.226. The fourth-order valence-electron chi connectivity index (χ4n) is 2.52. The third kappa shape index (κ3) is 3.60. The molecule has 0 atom stereocenters. The lowest BCUT2D eigenvalue weighted by molar-refractivity contribution is 0.102. The van der Waals surface area contributed by atoms with E-state index in [9.17, 15) is 9.18 Å². The Morgan fingerprint density at radius 1 is 1.26 bits per heavy atom. The van der Waals surface area contributed by atoms with Crippen molar-refractivity contribution in [2.24, 2.45) is 0 Å². The van der Waals surface area contributed by atoms with Crippen molar-refractivity contribution in [2.75, 3.05) is 11.1 Å². The molecule has 0 fully saturated rings. The first-order valence-corrected chi connectivity index (χ1v) is 10.7. The summed E-state index contributed by atoms with van der Waals surface area (Å²) in [6, 6.07) is 6.18. The normalized spacial score (nSPS) is 11.2. The molecule has 27 heavy (non-hydrogen) atoms. The van der Waals surface area contributed by atoms with Crippen molar-refractivity contribution in [3.05, 3.63) is 46.9 Å². The first-order chi connectivity index (χ1) is 13.0. The molecule has 1 aromatic carbocycles.